The highest BCUT2D eigenvalue weighted by atomic mass is 32.1. The van der Waals surface area contributed by atoms with E-state index in [2.05, 4.69) is 15.1 Å². The van der Waals surface area contributed by atoms with E-state index < -0.39 is 11.6 Å². The monoisotopic (exact) mass is 419 g/mol. The molecule has 0 bridgehead atoms. The summed E-state index contributed by atoms with van der Waals surface area (Å²) in [7, 11) is 2.05. The van der Waals surface area contributed by atoms with Crippen LogP contribution in [-0.4, -0.2) is 54.2 Å². The van der Waals surface area contributed by atoms with Crippen LogP contribution in [0.15, 0.2) is 48.5 Å². The SMILES string of the molecule is CN(C(=S)Nc1ccccc1)C1CCN(CCCOc2ccc(F)c(F)c2)CC1. The van der Waals surface area contributed by atoms with Gasteiger partial charge in [0.25, 0.3) is 0 Å². The fourth-order valence-corrected chi connectivity index (χ4v) is 3.74. The molecule has 1 aliphatic heterocycles. The average Bonchev–Trinajstić information content (AvgIpc) is 2.74. The number of para-hydroxylation sites is 1. The molecule has 0 radical (unpaired) electrons. The number of piperidine rings is 1. The normalized spacial score (nSPS) is 15.1. The molecule has 0 atom stereocenters. The van der Waals surface area contributed by atoms with Crippen LogP contribution in [0, 0.1) is 11.6 Å². The summed E-state index contributed by atoms with van der Waals surface area (Å²) in [5.74, 6) is -1.37. The first-order chi connectivity index (χ1) is 14.0. The van der Waals surface area contributed by atoms with Gasteiger partial charge in [-0.3, -0.25) is 0 Å². The van der Waals surface area contributed by atoms with Crippen LogP contribution in [0.3, 0.4) is 0 Å². The maximum absolute atomic E-state index is 13.2. The topological polar surface area (TPSA) is 27.7 Å². The molecule has 0 saturated carbocycles. The Balaban J connectivity index is 1.34. The lowest BCUT2D eigenvalue weighted by Crippen LogP contribution is -2.47. The zero-order valence-electron chi connectivity index (χ0n) is 16.6. The standard InChI is InChI=1S/C22H27F2N3OS/c1-26(22(29)25-17-6-3-2-4-7-17)18-10-13-27(14-11-18)12-5-15-28-19-8-9-20(23)21(24)16-19/h2-4,6-9,16,18H,5,10-15H2,1H3,(H,25,29). The first kappa shape index (κ1) is 21.5. The second kappa shape index (κ2) is 10.5. The largest absolute Gasteiger partial charge is 0.493 e. The fourth-order valence-electron chi connectivity index (χ4n) is 3.47. The number of rotatable bonds is 7. The molecule has 0 aromatic heterocycles. The highest BCUT2D eigenvalue weighted by molar-refractivity contribution is 7.80. The second-order valence-electron chi connectivity index (χ2n) is 7.26. The van der Waals surface area contributed by atoms with Gasteiger partial charge in [-0.1, -0.05) is 18.2 Å². The van der Waals surface area contributed by atoms with Crippen LogP contribution in [-0.2, 0) is 0 Å². The highest BCUT2D eigenvalue weighted by Gasteiger charge is 2.23. The van der Waals surface area contributed by atoms with Crippen molar-refractivity contribution in [2.24, 2.45) is 0 Å². The molecule has 1 fully saturated rings. The molecule has 3 rings (SSSR count). The van der Waals surface area contributed by atoms with E-state index in [-0.39, 0.29) is 0 Å². The number of likely N-dealkylation sites (tertiary alicyclic amines) is 1. The first-order valence-corrected chi connectivity index (χ1v) is 10.3. The molecule has 0 aliphatic carbocycles. The van der Waals surface area contributed by atoms with Crippen LogP contribution in [0.5, 0.6) is 5.75 Å². The van der Waals surface area contributed by atoms with Gasteiger partial charge in [0.05, 0.1) is 6.61 Å². The molecular formula is C22H27F2N3OS. The molecule has 29 heavy (non-hydrogen) atoms. The summed E-state index contributed by atoms with van der Waals surface area (Å²) in [6.45, 7) is 3.42. The Labute approximate surface area is 176 Å². The quantitative estimate of drug-likeness (QED) is 0.526. The molecule has 7 heteroatoms. The van der Waals surface area contributed by atoms with Gasteiger partial charge in [-0.15, -0.1) is 0 Å². The molecule has 2 aromatic rings. The molecule has 1 heterocycles. The summed E-state index contributed by atoms with van der Waals surface area (Å²) < 4.78 is 31.6. The third-order valence-corrected chi connectivity index (χ3v) is 5.62. The lowest BCUT2D eigenvalue weighted by molar-refractivity contribution is 0.156. The Kier molecular flexibility index (Phi) is 7.77. The van der Waals surface area contributed by atoms with E-state index in [9.17, 15) is 8.78 Å². The third kappa shape index (κ3) is 6.37. The summed E-state index contributed by atoms with van der Waals surface area (Å²) >= 11 is 5.55. The number of nitrogens with one attached hydrogen (secondary N) is 1. The number of hydrogen-bond donors (Lipinski definition) is 1. The van der Waals surface area contributed by atoms with Gasteiger partial charge in [-0.25, -0.2) is 8.78 Å². The lowest BCUT2D eigenvalue weighted by atomic mass is 10.0. The van der Waals surface area contributed by atoms with Crippen molar-refractivity contribution in [3.05, 3.63) is 60.2 Å². The second-order valence-corrected chi connectivity index (χ2v) is 7.64. The average molecular weight is 420 g/mol. The van der Waals surface area contributed by atoms with E-state index >= 15 is 0 Å². The smallest absolute Gasteiger partial charge is 0.173 e. The molecule has 1 saturated heterocycles. The number of nitrogens with zero attached hydrogens (tertiary/aromatic N) is 2. The predicted octanol–water partition coefficient (Wildman–Crippen LogP) is 4.53. The summed E-state index contributed by atoms with van der Waals surface area (Å²) in [4.78, 5) is 4.57. The van der Waals surface area contributed by atoms with Crippen LogP contribution in [0.4, 0.5) is 14.5 Å². The summed E-state index contributed by atoms with van der Waals surface area (Å²) in [5, 5.41) is 4.04. The third-order valence-electron chi connectivity index (χ3n) is 5.23. The van der Waals surface area contributed by atoms with Crippen LogP contribution in [0.25, 0.3) is 0 Å². The summed E-state index contributed by atoms with van der Waals surface area (Å²) in [5.41, 5.74) is 1.00. The zero-order chi connectivity index (χ0) is 20.6. The number of ether oxygens (including phenoxy) is 1. The summed E-state index contributed by atoms with van der Waals surface area (Å²) in [6, 6.07) is 14.0. The molecule has 0 spiro atoms. The van der Waals surface area contributed by atoms with Gasteiger partial charge in [-0.2, -0.15) is 0 Å². The van der Waals surface area contributed by atoms with Gasteiger partial charge < -0.3 is 19.9 Å². The Hall–Kier alpha value is -2.25. The Bertz CT molecular complexity index is 798. The molecule has 0 unspecified atom stereocenters. The van der Waals surface area contributed by atoms with Crippen LogP contribution in [0.2, 0.25) is 0 Å². The van der Waals surface area contributed by atoms with Crippen molar-refractivity contribution in [3.8, 4) is 5.75 Å². The molecule has 0 amide bonds. The molecule has 1 N–H and O–H groups in total. The predicted molar refractivity (Wildman–Crippen MR) is 116 cm³/mol. The van der Waals surface area contributed by atoms with Gasteiger partial charge in [0, 0.05) is 44.5 Å². The van der Waals surface area contributed by atoms with E-state index in [1.807, 2.05) is 37.4 Å². The minimum atomic E-state index is -0.881. The van der Waals surface area contributed by atoms with Crippen molar-refractivity contribution in [2.75, 3.05) is 38.6 Å². The molecule has 156 valence electrons. The van der Waals surface area contributed by atoms with E-state index in [0.29, 0.717) is 18.4 Å². The van der Waals surface area contributed by atoms with E-state index in [1.54, 1.807) is 0 Å². The van der Waals surface area contributed by atoms with Gasteiger partial charge in [0.15, 0.2) is 16.7 Å². The minimum absolute atomic E-state index is 0.365. The van der Waals surface area contributed by atoms with Gasteiger partial charge in [0.1, 0.15) is 5.75 Å². The van der Waals surface area contributed by atoms with Crippen LogP contribution >= 0.6 is 12.2 Å². The van der Waals surface area contributed by atoms with Crippen molar-refractivity contribution >= 4 is 23.0 Å². The maximum Gasteiger partial charge on any atom is 0.173 e. The Morgan fingerprint density at radius 1 is 1.14 bits per heavy atom. The lowest BCUT2D eigenvalue weighted by Gasteiger charge is -2.37. The number of thiocarbonyl (C=S) groups is 1. The van der Waals surface area contributed by atoms with Crippen molar-refractivity contribution in [1.82, 2.24) is 9.80 Å². The van der Waals surface area contributed by atoms with Crippen molar-refractivity contribution in [3.63, 3.8) is 0 Å². The fraction of sp³-hybridized carbons (Fsp3) is 0.409. The summed E-state index contributed by atoms with van der Waals surface area (Å²) in [6.07, 6.45) is 2.95. The van der Waals surface area contributed by atoms with Crippen LogP contribution < -0.4 is 10.1 Å². The van der Waals surface area contributed by atoms with Gasteiger partial charge in [-0.05, 0) is 55.7 Å². The minimum Gasteiger partial charge on any atom is -0.493 e. The first-order valence-electron chi connectivity index (χ1n) is 9.92. The maximum atomic E-state index is 13.2. The molecule has 4 nitrogen and oxygen atoms in total. The van der Waals surface area contributed by atoms with Crippen molar-refractivity contribution in [1.29, 1.82) is 0 Å². The van der Waals surface area contributed by atoms with E-state index in [4.69, 9.17) is 17.0 Å². The molecular weight excluding hydrogens is 392 g/mol. The Morgan fingerprint density at radius 3 is 2.55 bits per heavy atom. The number of hydrogen-bond acceptors (Lipinski definition) is 3. The van der Waals surface area contributed by atoms with Gasteiger partial charge in [0.2, 0.25) is 0 Å². The number of benzene rings is 2. The van der Waals surface area contributed by atoms with Gasteiger partial charge >= 0.3 is 0 Å². The Morgan fingerprint density at radius 2 is 1.86 bits per heavy atom. The number of anilines is 1. The molecule has 2 aromatic carbocycles. The van der Waals surface area contributed by atoms with E-state index in [1.165, 1.54) is 6.07 Å². The van der Waals surface area contributed by atoms with Crippen molar-refractivity contribution in [2.45, 2.75) is 25.3 Å². The van der Waals surface area contributed by atoms with Crippen LogP contribution in [0.1, 0.15) is 19.3 Å². The highest BCUT2D eigenvalue weighted by Crippen LogP contribution is 2.18. The van der Waals surface area contributed by atoms with E-state index in [0.717, 1.165) is 61.8 Å². The number of halogens is 2. The molecule has 1 aliphatic rings. The van der Waals surface area contributed by atoms with Crippen molar-refractivity contribution < 1.29 is 13.5 Å². The zero-order valence-corrected chi connectivity index (χ0v) is 17.4.